The number of hydrogen-bond donors (Lipinski definition) is 2. The summed E-state index contributed by atoms with van der Waals surface area (Å²) in [6.07, 6.45) is 3.97. The molecule has 0 aliphatic heterocycles. The zero-order chi connectivity index (χ0) is 27.4. The average molecular weight is 508 g/mol. The van der Waals surface area contributed by atoms with E-state index in [1.54, 1.807) is 12.1 Å². The van der Waals surface area contributed by atoms with Crippen LogP contribution in [-0.4, -0.2) is 55.0 Å². The van der Waals surface area contributed by atoms with E-state index in [0.29, 0.717) is 30.3 Å². The van der Waals surface area contributed by atoms with Crippen LogP contribution in [0.3, 0.4) is 0 Å². The zero-order valence-corrected chi connectivity index (χ0v) is 22.9. The van der Waals surface area contributed by atoms with Crippen LogP contribution < -0.4 is 16.0 Å². The quantitative estimate of drug-likeness (QED) is 0.156. The summed E-state index contributed by atoms with van der Waals surface area (Å²) in [6.45, 7) is 11.3. The number of unbranched alkanes of at least 4 members (excludes halogenated alkanes) is 2. The van der Waals surface area contributed by atoms with Crippen molar-refractivity contribution in [2.24, 2.45) is 0 Å². The SMILES string of the molecule is CC.CCN(CC)c1ccc2c(CCCCCN(C)Cc3ccccc3B(O)O)c(C=O)c(=O)oc2c1. The Hall–Kier alpha value is -2.94. The number of benzene rings is 2. The fourth-order valence-corrected chi connectivity index (χ4v) is 4.60. The van der Waals surface area contributed by atoms with Crippen molar-refractivity contribution < 1.29 is 19.3 Å². The van der Waals surface area contributed by atoms with Gasteiger partial charge in [0.1, 0.15) is 11.1 Å². The summed E-state index contributed by atoms with van der Waals surface area (Å²) < 4.78 is 5.49. The van der Waals surface area contributed by atoms with Crippen molar-refractivity contribution >= 4 is 35.5 Å². The first-order valence-electron chi connectivity index (χ1n) is 13.3. The van der Waals surface area contributed by atoms with E-state index in [1.165, 1.54) is 0 Å². The molecular formula is C29H41BN2O5. The summed E-state index contributed by atoms with van der Waals surface area (Å²) in [7, 11) is 0.530. The Morgan fingerprint density at radius 2 is 1.70 bits per heavy atom. The number of aldehydes is 1. The molecule has 7 nitrogen and oxygen atoms in total. The Labute approximate surface area is 220 Å². The lowest BCUT2D eigenvalue weighted by molar-refractivity contribution is 0.111. The number of rotatable bonds is 13. The van der Waals surface area contributed by atoms with Crippen molar-refractivity contribution in [3.63, 3.8) is 0 Å². The predicted octanol–water partition coefficient (Wildman–Crippen LogP) is 4.00. The molecule has 0 aliphatic rings. The molecule has 2 N–H and O–H groups in total. The van der Waals surface area contributed by atoms with Gasteiger partial charge in [-0.15, -0.1) is 0 Å². The van der Waals surface area contributed by atoms with Crippen LogP contribution >= 0.6 is 0 Å². The Kier molecular flexibility index (Phi) is 12.6. The van der Waals surface area contributed by atoms with E-state index in [1.807, 2.05) is 51.2 Å². The molecule has 2 aromatic carbocycles. The number of fused-ring (bicyclic) bond motifs is 1. The topological polar surface area (TPSA) is 94.2 Å². The van der Waals surface area contributed by atoms with Gasteiger partial charge in [0.25, 0.3) is 0 Å². The fourth-order valence-electron chi connectivity index (χ4n) is 4.60. The monoisotopic (exact) mass is 508 g/mol. The third-order valence-electron chi connectivity index (χ3n) is 6.52. The van der Waals surface area contributed by atoms with E-state index in [0.717, 1.165) is 61.1 Å². The second-order valence-electron chi connectivity index (χ2n) is 8.87. The van der Waals surface area contributed by atoms with Gasteiger partial charge in [0.2, 0.25) is 0 Å². The molecule has 0 spiro atoms. The largest absolute Gasteiger partial charge is 0.488 e. The maximum atomic E-state index is 12.5. The standard InChI is InChI=1S/C27H35BN2O5.C2H6/c1-4-30(5-2)21-14-15-23-22(24(19-31)27(32)35-26(23)17-21)12-7-6-10-16-29(3)18-20-11-8-9-13-25(20)28(33)34;1-2/h8-9,11,13-15,17,19,33-34H,4-7,10,12,16,18H2,1-3H3;1-2H3. The third kappa shape index (κ3) is 8.02. The minimum atomic E-state index is -1.48. The Balaban J connectivity index is 0.00000235. The molecule has 0 radical (unpaired) electrons. The number of anilines is 1. The van der Waals surface area contributed by atoms with Crippen LogP contribution in [-0.2, 0) is 13.0 Å². The molecule has 8 heteroatoms. The molecule has 0 atom stereocenters. The summed E-state index contributed by atoms with van der Waals surface area (Å²) in [5, 5.41) is 19.9. The molecule has 37 heavy (non-hydrogen) atoms. The number of aryl methyl sites for hydroxylation is 1. The smallest absolute Gasteiger partial charge is 0.423 e. The average Bonchev–Trinajstić information content (AvgIpc) is 2.90. The predicted molar refractivity (Wildman–Crippen MR) is 153 cm³/mol. The molecule has 200 valence electrons. The maximum Gasteiger partial charge on any atom is 0.488 e. The number of nitrogens with zero attached hydrogens (tertiary/aromatic N) is 2. The van der Waals surface area contributed by atoms with Gasteiger partial charge < -0.3 is 24.3 Å². The minimum Gasteiger partial charge on any atom is -0.423 e. The Morgan fingerprint density at radius 1 is 1.00 bits per heavy atom. The maximum absolute atomic E-state index is 12.5. The number of hydrogen-bond acceptors (Lipinski definition) is 7. The molecule has 0 saturated heterocycles. The van der Waals surface area contributed by atoms with Crippen molar-refractivity contribution in [3.05, 3.63) is 69.6 Å². The highest BCUT2D eigenvalue weighted by Crippen LogP contribution is 2.26. The zero-order valence-electron chi connectivity index (χ0n) is 22.9. The second-order valence-corrected chi connectivity index (χ2v) is 8.87. The van der Waals surface area contributed by atoms with Gasteiger partial charge in [0, 0.05) is 36.8 Å². The fraction of sp³-hybridized carbons (Fsp3) is 0.448. The van der Waals surface area contributed by atoms with Crippen molar-refractivity contribution in [1.82, 2.24) is 4.90 Å². The summed E-state index contributed by atoms with van der Waals surface area (Å²) >= 11 is 0. The van der Waals surface area contributed by atoms with E-state index in [-0.39, 0.29) is 5.56 Å². The Bertz CT molecular complexity index is 1190. The molecule has 0 saturated carbocycles. The van der Waals surface area contributed by atoms with E-state index in [2.05, 4.69) is 23.6 Å². The van der Waals surface area contributed by atoms with Gasteiger partial charge in [-0.3, -0.25) is 4.79 Å². The first kappa shape index (κ1) is 30.3. The van der Waals surface area contributed by atoms with E-state index in [4.69, 9.17) is 4.42 Å². The first-order valence-corrected chi connectivity index (χ1v) is 13.3. The van der Waals surface area contributed by atoms with Gasteiger partial charge in [-0.25, -0.2) is 4.79 Å². The van der Waals surface area contributed by atoms with Crippen LogP contribution in [0.4, 0.5) is 5.69 Å². The first-order chi connectivity index (χ1) is 17.9. The number of carbonyl (C=O) groups is 1. The van der Waals surface area contributed by atoms with Gasteiger partial charge in [0.15, 0.2) is 6.29 Å². The Morgan fingerprint density at radius 3 is 2.35 bits per heavy atom. The van der Waals surface area contributed by atoms with Crippen LogP contribution in [0.25, 0.3) is 11.0 Å². The van der Waals surface area contributed by atoms with Gasteiger partial charge in [-0.05, 0) is 75.4 Å². The number of carbonyl (C=O) groups excluding carboxylic acids is 1. The molecule has 1 aromatic heterocycles. The molecule has 3 rings (SSSR count). The second kappa shape index (κ2) is 15.3. The molecular weight excluding hydrogens is 467 g/mol. The lowest BCUT2D eigenvalue weighted by atomic mass is 9.77. The van der Waals surface area contributed by atoms with Crippen LogP contribution in [0, 0.1) is 0 Å². The summed E-state index contributed by atoms with van der Waals surface area (Å²) in [4.78, 5) is 28.5. The van der Waals surface area contributed by atoms with Crippen LogP contribution in [0.1, 0.15) is 68.4 Å². The van der Waals surface area contributed by atoms with Crippen LogP contribution in [0.5, 0.6) is 0 Å². The molecule has 3 aromatic rings. The van der Waals surface area contributed by atoms with E-state index in [9.17, 15) is 19.6 Å². The van der Waals surface area contributed by atoms with Crippen molar-refractivity contribution in [1.29, 1.82) is 0 Å². The van der Waals surface area contributed by atoms with Crippen LogP contribution in [0.2, 0.25) is 0 Å². The van der Waals surface area contributed by atoms with E-state index >= 15 is 0 Å². The molecule has 0 bridgehead atoms. The molecule has 0 aliphatic carbocycles. The summed E-state index contributed by atoms with van der Waals surface area (Å²) in [6, 6.07) is 13.2. The molecule has 0 amide bonds. The summed E-state index contributed by atoms with van der Waals surface area (Å²) in [5.74, 6) is 0. The highest BCUT2D eigenvalue weighted by atomic mass is 16.4. The normalized spacial score (nSPS) is 10.8. The van der Waals surface area contributed by atoms with Gasteiger partial charge in [-0.1, -0.05) is 44.5 Å². The third-order valence-corrected chi connectivity index (χ3v) is 6.52. The minimum absolute atomic E-state index is 0.115. The van der Waals surface area contributed by atoms with Gasteiger partial charge in [-0.2, -0.15) is 0 Å². The van der Waals surface area contributed by atoms with E-state index < -0.39 is 12.7 Å². The van der Waals surface area contributed by atoms with Crippen molar-refractivity contribution in [3.8, 4) is 0 Å². The molecule has 1 heterocycles. The lowest BCUT2D eigenvalue weighted by Crippen LogP contribution is -2.35. The highest BCUT2D eigenvalue weighted by molar-refractivity contribution is 6.59. The van der Waals surface area contributed by atoms with Crippen molar-refractivity contribution in [2.75, 3.05) is 31.6 Å². The highest BCUT2D eigenvalue weighted by Gasteiger charge is 2.17. The van der Waals surface area contributed by atoms with Gasteiger partial charge >= 0.3 is 12.7 Å². The lowest BCUT2D eigenvalue weighted by Gasteiger charge is -2.21. The molecule has 0 unspecified atom stereocenters. The van der Waals surface area contributed by atoms with Gasteiger partial charge in [0.05, 0.1) is 0 Å². The van der Waals surface area contributed by atoms with Crippen molar-refractivity contribution in [2.45, 2.75) is 59.9 Å². The molecule has 0 fully saturated rings. The van der Waals surface area contributed by atoms with Crippen LogP contribution in [0.15, 0.2) is 51.7 Å². The summed E-state index contributed by atoms with van der Waals surface area (Å²) in [5.41, 5.74) is 3.23.